The fourth-order valence-electron chi connectivity index (χ4n) is 1.26. The molecule has 0 fully saturated rings. The van der Waals surface area contributed by atoms with Crippen molar-refractivity contribution in [2.24, 2.45) is 0 Å². The highest BCUT2D eigenvalue weighted by Crippen LogP contribution is 2.34. The maximum Gasteiger partial charge on any atom is 0.408 e. The van der Waals surface area contributed by atoms with Crippen LogP contribution < -0.4 is 4.72 Å². The van der Waals surface area contributed by atoms with Gasteiger partial charge in [0.2, 0.25) is 0 Å². The molecule has 0 radical (unpaired) electrons. The van der Waals surface area contributed by atoms with Gasteiger partial charge in [-0.1, -0.05) is 23.7 Å². The molecule has 2 nitrogen and oxygen atoms in total. The van der Waals surface area contributed by atoms with Gasteiger partial charge in [0.1, 0.15) is 6.04 Å². The summed E-state index contributed by atoms with van der Waals surface area (Å²) < 4.78 is 52.3. The topological polar surface area (TPSA) is 29.1 Å². The van der Waals surface area contributed by atoms with Crippen LogP contribution in [0.1, 0.15) is 32.4 Å². The molecule has 0 saturated carbocycles. The summed E-state index contributed by atoms with van der Waals surface area (Å²) in [4.78, 5) is 0. The Morgan fingerprint density at radius 3 is 2.00 bits per heavy atom. The smallest absolute Gasteiger partial charge is 0.242 e. The van der Waals surface area contributed by atoms with E-state index in [-0.39, 0.29) is 5.56 Å². The first-order valence-corrected chi connectivity index (χ1v) is 7.05. The zero-order valence-corrected chi connectivity index (χ0v) is 12.3. The van der Waals surface area contributed by atoms with Crippen molar-refractivity contribution in [1.29, 1.82) is 0 Å². The number of halogens is 4. The number of alkyl halides is 3. The van der Waals surface area contributed by atoms with Crippen LogP contribution in [0.4, 0.5) is 13.2 Å². The van der Waals surface area contributed by atoms with Gasteiger partial charge in [-0.3, -0.25) is 0 Å². The molecule has 0 heterocycles. The molecule has 7 heteroatoms. The fraction of sp³-hybridized carbons (Fsp3) is 0.500. The van der Waals surface area contributed by atoms with Gasteiger partial charge in [0.25, 0.3) is 0 Å². The van der Waals surface area contributed by atoms with Crippen LogP contribution in [0.5, 0.6) is 0 Å². The van der Waals surface area contributed by atoms with E-state index in [0.717, 1.165) is 0 Å². The number of hydrogen-bond donors (Lipinski definition) is 1. The van der Waals surface area contributed by atoms with Gasteiger partial charge in [-0.2, -0.15) is 13.2 Å². The Labute approximate surface area is 117 Å². The number of benzene rings is 1. The molecule has 0 aromatic heterocycles. The van der Waals surface area contributed by atoms with E-state index in [9.17, 15) is 17.4 Å². The molecule has 1 aromatic carbocycles. The Hall–Kier alpha value is -0.590. The minimum Gasteiger partial charge on any atom is -0.242 e. The summed E-state index contributed by atoms with van der Waals surface area (Å²) in [5.41, 5.74) is -0.0190. The Bertz CT molecular complexity index is 454. The summed E-state index contributed by atoms with van der Waals surface area (Å²) in [6.07, 6.45) is -4.53. The molecule has 0 aliphatic heterocycles. The van der Waals surface area contributed by atoms with Gasteiger partial charge in [-0.05, 0) is 38.5 Å². The second-order valence-electron chi connectivity index (χ2n) is 5.03. The summed E-state index contributed by atoms with van der Waals surface area (Å²) in [5.74, 6) is 0. The molecule has 108 valence electrons. The summed E-state index contributed by atoms with van der Waals surface area (Å²) in [7, 11) is -1.82. The van der Waals surface area contributed by atoms with E-state index >= 15 is 0 Å². The van der Waals surface area contributed by atoms with E-state index in [2.05, 4.69) is 4.72 Å². The van der Waals surface area contributed by atoms with Crippen LogP contribution in [-0.4, -0.2) is 15.1 Å². The molecule has 0 amide bonds. The predicted octanol–water partition coefficient (Wildman–Crippen LogP) is 4.00. The Kier molecular flexibility index (Phi) is 5.03. The van der Waals surface area contributed by atoms with Gasteiger partial charge < -0.3 is 0 Å². The average Bonchev–Trinajstić information content (AvgIpc) is 2.24. The molecule has 0 aliphatic carbocycles. The maximum atomic E-state index is 13.0. The van der Waals surface area contributed by atoms with E-state index in [1.54, 1.807) is 20.8 Å². The molecule has 0 saturated heterocycles. The van der Waals surface area contributed by atoms with Crippen molar-refractivity contribution < 1.29 is 17.4 Å². The van der Waals surface area contributed by atoms with E-state index in [0.29, 0.717) is 5.02 Å². The Morgan fingerprint density at radius 2 is 1.63 bits per heavy atom. The predicted molar refractivity (Wildman–Crippen MR) is 71.3 cm³/mol. The van der Waals surface area contributed by atoms with Crippen molar-refractivity contribution in [2.45, 2.75) is 37.7 Å². The molecule has 0 aliphatic rings. The van der Waals surface area contributed by atoms with E-state index in [1.165, 1.54) is 24.3 Å². The SMILES string of the molecule is CC(C)(C)S(=O)N[C@@H](c1ccc(Cl)cc1)C(F)(F)F. The quantitative estimate of drug-likeness (QED) is 0.898. The molecular formula is C12H15ClF3NOS. The summed E-state index contributed by atoms with van der Waals surface area (Å²) in [6.45, 7) is 4.81. The van der Waals surface area contributed by atoms with Crippen molar-refractivity contribution in [3.05, 3.63) is 34.9 Å². The number of rotatable bonds is 3. The van der Waals surface area contributed by atoms with E-state index < -0.39 is 28.0 Å². The second kappa shape index (κ2) is 5.81. The lowest BCUT2D eigenvalue weighted by atomic mass is 10.1. The highest BCUT2D eigenvalue weighted by atomic mass is 35.5. The first-order valence-electron chi connectivity index (χ1n) is 5.52. The van der Waals surface area contributed by atoms with Gasteiger partial charge in [-0.25, -0.2) is 8.93 Å². The molecule has 0 bridgehead atoms. The monoisotopic (exact) mass is 313 g/mol. The van der Waals surface area contributed by atoms with Gasteiger partial charge in [-0.15, -0.1) is 0 Å². The van der Waals surface area contributed by atoms with Crippen LogP contribution in [0.3, 0.4) is 0 Å². The number of hydrogen-bond acceptors (Lipinski definition) is 1. The van der Waals surface area contributed by atoms with Crippen LogP contribution in [0.15, 0.2) is 24.3 Å². The third kappa shape index (κ3) is 4.78. The van der Waals surface area contributed by atoms with Crippen LogP contribution in [0, 0.1) is 0 Å². The average molecular weight is 314 g/mol. The lowest BCUT2D eigenvalue weighted by Crippen LogP contribution is -2.41. The Morgan fingerprint density at radius 1 is 1.16 bits per heavy atom. The van der Waals surface area contributed by atoms with Crippen molar-refractivity contribution in [3.63, 3.8) is 0 Å². The van der Waals surface area contributed by atoms with Crippen LogP contribution in [0.25, 0.3) is 0 Å². The molecule has 19 heavy (non-hydrogen) atoms. The minimum atomic E-state index is -4.53. The van der Waals surface area contributed by atoms with Crippen LogP contribution in [-0.2, 0) is 11.0 Å². The molecule has 0 spiro atoms. The molecule has 2 atom stereocenters. The normalized spacial score (nSPS) is 16.2. The van der Waals surface area contributed by atoms with Crippen molar-refractivity contribution in [2.75, 3.05) is 0 Å². The van der Waals surface area contributed by atoms with Crippen molar-refractivity contribution >= 4 is 22.6 Å². The summed E-state index contributed by atoms with van der Waals surface area (Å²) in [5, 5.41) is 0.349. The zero-order chi connectivity index (χ0) is 14.8. The highest BCUT2D eigenvalue weighted by molar-refractivity contribution is 7.84. The standard InChI is InChI=1S/C12H15ClF3NOS/c1-11(2,3)19(18)17-10(12(14,15)16)8-4-6-9(13)7-5-8/h4-7,10,17H,1-3H3/t10-,19?/m0/s1. The minimum absolute atomic E-state index is 0.0190. The van der Waals surface area contributed by atoms with Crippen LogP contribution in [0.2, 0.25) is 5.02 Å². The molecule has 1 unspecified atom stereocenters. The molecular weight excluding hydrogens is 299 g/mol. The van der Waals surface area contributed by atoms with Crippen molar-refractivity contribution in [1.82, 2.24) is 4.72 Å². The molecule has 1 rings (SSSR count). The second-order valence-corrected chi connectivity index (χ2v) is 7.46. The van der Waals surface area contributed by atoms with Crippen LogP contribution >= 0.6 is 11.6 Å². The first-order chi connectivity index (χ1) is 8.51. The van der Waals surface area contributed by atoms with E-state index in [4.69, 9.17) is 11.6 Å². The first kappa shape index (κ1) is 16.5. The maximum absolute atomic E-state index is 13.0. The number of nitrogens with one attached hydrogen (secondary N) is 1. The lowest BCUT2D eigenvalue weighted by molar-refractivity contribution is -0.152. The lowest BCUT2D eigenvalue weighted by Gasteiger charge is -2.26. The molecule has 1 aromatic rings. The largest absolute Gasteiger partial charge is 0.408 e. The highest BCUT2D eigenvalue weighted by Gasteiger charge is 2.42. The fourth-order valence-corrected chi connectivity index (χ4v) is 2.23. The van der Waals surface area contributed by atoms with E-state index in [1.807, 2.05) is 0 Å². The van der Waals surface area contributed by atoms with Gasteiger partial charge >= 0.3 is 6.18 Å². The van der Waals surface area contributed by atoms with Gasteiger partial charge in [0.05, 0.1) is 15.7 Å². The summed E-state index contributed by atoms with van der Waals surface area (Å²) >= 11 is 5.65. The van der Waals surface area contributed by atoms with Gasteiger partial charge in [0, 0.05) is 5.02 Å². The Balaban J connectivity index is 3.04. The van der Waals surface area contributed by atoms with Crippen molar-refractivity contribution in [3.8, 4) is 0 Å². The van der Waals surface area contributed by atoms with Gasteiger partial charge in [0.15, 0.2) is 0 Å². The molecule has 1 N–H and O–H groups in total. The third-order valence-corrected chi connectivity index (χ3v) is 4.13. The zero-order valence-electron chi connectivity index (χ0n) is 10.7. The third-order valence-electron chi connectivity index (χ3n) is 2.31. The summed E-state index contributed by atoms with van der Waals surface area (Å²) in [6, 6.07) is 3.31.